The van der Waals surface area contributed by atoms with Crippen molar-refractivity contribution in [2.24, 2.45) is 0 Å². The molecule has 2 atom stereocenters. The van der Waals surface area contributed by atoms with E-state index in [0.717, 1.165) is 26.0 Å². The molecule has 2 rings (SSSR count). The standard InChI is InChI=1S/C18H29NO/c1-4-14-10-11-16(13-15(14)5-2)18(19-6-3)17-9-7-8-12-20-17/h10-11,13,17-19H,4-9,12H2,1-3H3. The van der Waals surface area contributed by atoms with Gasteiger partial charge in [0.25, 0.3) is 0 Å². The Kier molecular flexibility index (Phi) is 6.06. The molecule has 112 valence electrons. The summed E-state index contributed by atoms with van der Waals surface area (Å²) in [5.74, 6) is 0. The Balaban J connectivity index is 2.23. The van der Waals surface area contributed by atoms with Crippen LogP contribution in [0.4, 0.5) is 0 Å². The summed E-state index contributed by atoms with van der Waals surface area (Å²) >= 11 is 0. The van der Waals surface area contributed by atoms with Crippen LogP contribution in [0, 0.1) is 0 Å². The molecular formula is C18H29NO. The van der Waals surface area contributed by atoms with Crippen molar-refractivity contribution in [3.8, 4) is 0 Å². The van der Waals surface area contributed by atoms with E-state index in [9.17, 15) is 0 Å². The molecule has 0 radical (unpaired) electrons. The molecule has 0 spiro atoms. The molecule has 0 saturated carbocycles. The molecule has 1 aromatic carbocycles. The van der Waals surface area contributed by atoms with Crippen molar-refractivity contribution in [3.63, 3.8) is 0 Å². The lowest BCUT2D eigenvalue weighted by molar-refractivity contribution is -0.00787. The molecule has 2 unspecified atom stereocenters. The number of rotatable bonds is 6. The lowest BCUT2D eigenvalue weighted by Crippen LogP contribution is -2.36. The van der Waals surface area contributed by atoms with Gasteiger partial charge in [-0.2, -0.15) is 0 Å². The summed E-state index contributed by atoms with van der Waals surface area (Å²) in [7, 11) is 0. The van der Waals surface area contributed by atoms with Gasteiger partial charge in [0.1, 0.15) is 0 Å². The molecule has 1 fully saturated rings. The number of ether oxygens (including phenoxy) is 1. The molecular weight excluding hydrogens is 246 g/mol. The minimum Gasteiger partial charge on any atom is -0.376 e. The van der Waals surface area contributed by atoms with Gasteiger partial charge in [0.2, 0.25) is 0 Å². The van der Waals surface area contributed by atoms with Crippen LogP contribution in [0.15, 0.2) is 18.2 Å². The van der Waals surface area contributed by atoms with E-state index in [1.54, 1.807) is 0 Å². The highest BCUT2D eigenvalue weighted by Crippen LogP contribution is 2.28. The molecule has 0 amide bonds. The van der Waals surface area contributed by atoms with Gasteiger partial charge >= 0.3 is 0 Å². The zero-order chi connectivity index (χ0) is 14.4. The highest BCUT2D eigenvalue weighted by molar-refractivity contribution is 5.34. The first-order valence-electron chi connectivity index (χ1n) is 8.26. The van der Waals surface area contributed by atoms with Crippen LogP contribution in [0.25, 0.3) is 0 Å². The second-order valence-electron chi connectivity index (χ2n) is 5.68. The number of hydrogen-bond donors (Lipinski definition) is 1. The maximum atomic E-state index is 6.01. The Morgan fingerprint density at radius 2 is 1.95 bits per heavy atom. The SMILES string of the molecule is CCNC(c1ccc(CC)c(CC)c1)C1CCCCO1. The average molecular weight is 275 g/mol. The topological polar surface area (TPSA) is 21.3 Å². The van der Waals surface area contributed by atoms with Crippen LogP contribution in [0.3, 0.4) is 0 Å². The second-order valence-corrected chi connectivity index (χ2v) is 5.68. The van der Waals surface area contributed by atoms with Crippen molar-refractivity contribution in [1.82, 2.24) is 5.32 Å². The summed E-state index contributed by atoms with van der Waals surface area (Å²) in [6.07, 6.45) is 6.25. The molecule has 20 heavy (non-hydrogen) atoms. The van der Waals surface area contributed by atoms with E-state index >= 15 is 0 Å². The Bertz CT molecular complexity index is 410. The third-order valence-electron chi connectivity index (χ3n) is 4.36. The average Bonchev–Trinajstić information content (AvgIpc) is 2.52. The summed E-state index contributed by atoms with van der Waals surface area (Å²) < 4.78 is 6.01. The van der Waals surface area contributed by atoms with Crippen molar-refractivity contribution < 1.29 is 4.74 Å². The lowest BCUT2D eigenvalue weighted by Gasteiger charge is -2.31. The monoisotopic (exact) mass is 275 g/mol. The first-order chi connectivity index (χ1) is 9.80. The van der Waals surface area contributed by atoms with Crippen molar-refractivity contribution in [2.75, 3.05) is 13.2 Å². The van der Waals surface area contributed by atoms with E-state index < -0.39 is 0 Å². The van der Waals surface area contributed by atoms with Crippen LogP contribution >= 0.6 is 0 Å². The minimum atomic E-state index is 0.334. The molecule has 1 N–H and O–H groups in total. The van der Waals surface area contributed by atoms with Gasteiger partial charge in [-0.1, -0.05) is 39.0 Å². The molecule has 1 aliphatic rings. The molecule has 0 aliphatic carbocycles. The Morgan fingerprint density at radius 1 is 1.15 bits per heavy atom. The Hall–Kier alpha value is -0.860. The van der Waals surface area contributed by atoms with E-state index in [2.05, 4.69) is 44.3 Å². The van der Waals surface area contributed by atoms with Gasteiger partial charge in [-0.15, -0.1) is 0 Å². The maximum absolute atomic E-state index is 6.01. The smallest absolute Gasteiger partial charge is 0.0769 e. The van der Waals surface area contributed by atoms with E-state index in [0.29, 0.717) is 12.1 Å². The van der Waals surface area contributed by atoms with Crippen molar-refractivity contribution in [3.05, 3.63) is 34.9 Å². The van der Waals surface area contributed by atoms with Gasteiger partial charge in [-0.05, 0) is 55.3 Å². The predicted octanol–water partition coefficient (Wildman–Crippen LogP) is 4.03. The fourth-order valence-electron chi connectivity index (χ4n) is 3.23. The van der Waals surface area contributed by atoms with Crippen LogP contribution in [0.5, 0.6) is 0 Å². The number of likely N-dealkylation sites (N-methyl/N-ethyl adjacent to an activating group) is 1. The van der Waals surface area contributed by atoms with Gasteiger partial charge < -0.3 is 10.1 Å². The zero-order valence-electron chi connectivity index (χ0n) is 13.2. The number of nitrogens with one attached hydrogen (secondary N) is 1. The molecule has 0 bridgehead atoms. The van der Waals surface area contributed by atoms with E-state index in [1.165, 1.54) is 36.0 Å². The van der Waals surface area contributed by atoms with Crippen LogP contribution < -0.4 is 5.32 Å². The number of hydrogen-bond acceptors (Lipinski definition) is 2. The molecule has 1 heterocycles. The first kappa shape index (κ1) is 15.5. The summed E-state index contributed by atoms with van der Waals surface area (Å²) in [5.41, 5.74) is 4.37. The number of aryl methyl sites for hydroxylation is 2. The van der Waals surface area contributed by atoms with Crippen LogP contribution in [0.2, 0.25) is 0 Å². The quantitative estimate of drug-likeness (QED) is 0.846. The van der Waals surface area contributed by atoms with Gasteiger partial charge in [0.15, 0.2) is 0 Å². The van der Waals surface area contributed by atoms with Crippen molar-refractivity contribution in [1.29, 1.82) is 0 Å². The summed E-state index contributed by atoms with van der Waals surface area (Å²) in [4.78, 5) is 0. The predicted molar refractivity (Wildman–Crippen MR) is 85.2 cm³/mol. The molecule has 1 aliphatic heterocycles. The maximum Gasteiger partial charge on any atom is 0.0769 e. The van der Waals surface area contributed by atoms with Gasteiger partial charge in [-0.25, -0.2) is 0 Å². The fourth-order valence-corrected chi connectivity index (χ4v) is 3.23. The Labute approximate surface area is 123 Å². The zero-order valence-corrected chi connectivity index (χ0v) is 13.2. The molecule has 2 heteroatoms. The summed E-state index contributed by atoms with van der Waals surface area (Å²) in [6, 6.07) is 7.34. The summed E-state index contributed by atoms with van der Waals surface area (Å²) in [6.45, 7) is 8.57. The molecule has 1 aromatic rings. The molecule has 0 aromatic heterocycles. The van der Waals surface area contributed by atoms with E-state index in [1.807, 2.05) is 0 Å². The molecule has 1 saturated heterocycles. The van der Waals surface area contributed by atoms with Crippen LogP contribution in [-0.4, -0.2) is 19.3 Å². The number of benzene rings is 1. The van der Waals surface area contributed by atoms with Gasteiger partial charge in [0, 0.05) is 6.61 Å². The van der Waals surface area contributed by atoms with Gasteiger partial charge in [0.05, 0.1) is 12.1 Å². The first-order valence-corrected chi connectivity index (χ1v) is 8.26. The Morgan fingerprint density at radius 3 is 2.55 bits per heavy atom. The van der Waals surface area contributed by atoms with Crippen molar-refractivity contribution >= 4 is 0 Å². The van der Waals surface area contributed by atoms with E-state index in [-0.39, 0.29) is 0 Å². The highest BCUT2D eigenvalue weighted by Gasteiger charge is 2.25. The third kappa shape index (κ3) is 3.62. The van der Waals surface area contributed by atoms with E-state index in [4.69, 9.17) is 4.74 Å². The van der Waals surface area contributed by atoms with Crippen molar-refractivity contribution in [2.45, 2.75) is 65.0 Å². The second kappa shape index (κ2) is 7.80. The van der Waals surface area contributed by atoms with Crippen LogP contribution in [0.1, 0.15) is 62.8 Å². The summed E-state index contributed by atoms with van der Waals surface area (Å²) in [5, 5.41) is 3.63. The third-order valence-corrected chi connectivity index (χ3v) is 4.36. The highest BCUT2D eigenvalue weighted by atomic mass is 16.5. The molecule has 2 nitrogen and oxygen atoms in total. The normalized spacial score (nSPS) is 20.9. The fraction of sp³-hybridized carbons (Fsp3) is 0.667. The minimum absolute atomic E-state index is 0.334. The lowest BCUT2D eigenvalue weighted by atomic mass is 9.92. The van der Waals surface area contributed by atoms with Crippen LogP contribution in [-0.2, 0) is 17.6 Å². The van der Waals surface area contributed by atoms with Gasteiger partial charge in [-0.3, -0.25) is 0 Å². The largest absolute Gasteiger partial charge is 0.376 e.